The Morgan fingerprint density at radius 3 is 1.14 bits per heavy atom. The molecule has 4 atom stereocenters. The van der Waals surface area contributed by atoms with E-state index in [-0.39, 0.29) is 89.8 Å². The Balaban J connectivity index is 0.000000110. The Morgan fingerprint density at radius 1 is 0.410 bits per heavy atom. The second-order valence-electron chi connectivity index (χ2n) is 37.5. The SMILES string of the molecule is Cc1cc(N2CCC3(CC2)Cc2ncccc2[C@H]3N)n2c(CO)nnc2c1-c1cccc(Cl)c1Cl.N[C@@H]1c2cccnc2CC12CCN(c1cc(=O)c(-c3cccc(Cl)c3Cl)c3[nH]ncn13)CC2.N[C@@H]1c2cccnc2CC12CCN(c1cc(S(N)(=O)=O)c(-c3cccc(Cl)c3Cl)c3nnc(CO)n13)CC2.Nc1cc(N2CCC3(CC2)Cc2ncccc2[C@H]3N)n2cnnc2c1-c1cccc(Cl)c1Cl. The highest BCUT2D eigenvalue weighted by molar-refractivity contribution is 7.89. The zero-order chi connectivity index (χ0) is 96.6. The van der Waals surface area contributed by atoms with Gasteiger partial charge in [0.15, 0.2) is 34.0 Å². The first-order chi connectivity index (χ1) is 67.0. The fourth-order valence-corrected chi connectivity index (χ4v) is 25.2. The number of anilines is 5. The maximum Gasteiger partial charge on any atom is 0.238 e. The van der Waals surface area contributed by atoms with Crippen molar-refractivity contribution in [1.29, 1.82) is 0 Å². The first kappa shape index (κ1) is 94.0. The molecule has 139 heavy (non-hydrogen) atoms. The molecule has 16 heterocycles. The number of halogens is 8. The van der Waals surface area contributed by atoms with E-state index in [4.69, 9.17) is 127 Å². The number of primary sulfonamides is 1. The number of benzene rings is 4. The van der Waals surface area contributed by atoms with Crippen molar-refractivity contribution in [3.8, 4) is 44.5 Å². The maximum atomic E-state index is 13.3. The zero-order valence-electron chi connectivity index (χ0n) is 75.2. The van der Waals surface area contributed by atoms with Crippen molar-refractivity contribution in [3.63, 3.8) is 0 Å². The van der Waals surface area contributed by atoms with Gasteiger partial charge in [-0.1, -0.05) is 166 Å². The van der Waals surface area contributed by atoms with E-state index in [1.807, 2.05) is 99.4 Å². The number of hydrogen-bond donors (Lipinski definition) is 9. The standard InChI is InChI=1S/C26H26Cl2N6O.C25H25Cl2N7O3S.C24H23Cl2N7.C24H22Cl2N6O/c1-15-12-21(33-10-7-26(8-11-33)13-19-16(24(26)29)5-3-9-30-19)34-20(14-35)31-32-25(34)22(15)17-4-2-6-18(27)23(17)28;26-16-5-1-3-15(22(16)27)21-18(38(29,36)37)11-20(34-19(13-35)31-32-24(21)34)33-9-6-25(7-10-33)12-17-14(23(25)28)4-2-8-30-17;25-16-5-1-3-15(21(16)26)20-17(27)11-19(33-13-30-31-23(20)33)32-9-6-24(7-10-32)12-18-14(22(24)28)4-2-8-29-18;25-16-5-1-3-15(21(16)26)20-18(33)11-19(32-13-29-30-23(20)32)31-9-6-24(7-10-31)12-17-14(22(24)27)4-2-8-28-17/h2-6,9,12,24,35H,7-8,10-11,13-14,29H2,1H3;1-5,8,11,23,35H,6-7,9-10,12-13,28H2,(H2,29,36,37);1-5,8,11,13,22H,6-7,9-10,12,27-28H2;1-5,8,11,13,22,30H,6-7,9-10,12,27H2/t24-;23-;2*22-/m1111/s1. The van der Waals surface area contributed by atoms with Gasteiger partial charge in [-0.2, -0.15) is 5.10 Å². The summed E-state index contributed by atoms with van der Waals surface area (Å²) in [5.74, 6) is 3.99. The number of nitrogens with one attached hydrogen (secondary N) is 1. The van der Waals surface area contributed by atoms with Crippen LogP contribution in [0.3, 0.4) is 0 Å². The topological polar surface area (TPSA) is 436 Å². The average Bonchev–Trinajstić information content (AvgIpc) is 1.62. The third-order valence-corrected chi connectivity index (χ3v) is 34.6. The van der Waals surface area contributed by atoms with Gasteiger partial charge in [0, 0.05) is 181 Å². The number of nitrogens with zero attached hydrogens (tertiary/aromatic N) is 19. The highest BCUT2D eigenvalue weighted by atomic mass is 35.5. The summed E-state index contributed by atoms with van der Waals surface area (Å²) in [4.78, 5) is 40.4. The number of aliphatic hydroxyl groups is 2. The predicted octanol–water partition coefficient (Wildman–Crippen LogP) is 16.6. The highest BCUT2D eigenvalue weighted by Crippen LogP contribution is 2.57. The van der Waals surface area contributed by atoms with Gasteiger partial charge in [0.2, 0.25) is 10.0 Å². The van der Waals surface area contributed by atoms with Crippen LogP contribution >= 0.6 is 92.8 Å². The van der Waals surface area contributed by atoms with Crippen molar-refractivity contribution in [3.05, 3.63) is 296 Å². The lowest BCUT2D eigenvalue weighted by atomic mass is 9.73. The lowest BCUT2D eigenvalue weighted by Gasteiger charge is -2.43. The Bertz CT molecular complexity index is 7740. The van der Waals surface area contributed by atoms with Crippen molar-refractivity contribution in [2.24, 2.45) is 49.7 Å². The third kappa shape index (κ3) is 16.2. The van der Waals surface area contributed by atoms with E-state index in [9.17, 15) is 23.4 Å². The van der Waals surface area contributed by atoms with E-state index in [1.54, 1.807) is 77.8 Å². The molecule has 4 fully saturated rings. The Labute approximate surface area is 838 Å². The van der Waals surface area contributed by atoms with Crippen molar-refractivity contribution >= 4 is 154 Å². The number of piperidine rings is 4. The van der Waals surface area contributed by atoms with Gasteiger partial charge in [0.1, 0.15) is 54.8 Å². The second kappa shape index (κ2) is 37.0. The van der Waals surface area contributed by atoms with Gasteiger partial charge in [-0.25, -0.2) is 13.6 Å². The van der Waals surface area contributed by atoms with Crippen LogP contribution in [0.5, 0.6) is 0 Å². The van der Waals surface area contributed by atoms with Crippen molar-refractivity contribution in [1.82, 2.24) is 78.3 Å². The van der Waals surface area contributed by atoms with Crippen molar-refractivity contribution in [2.45, 2.75) is 126 Å². The molecule has 0 unspecified atom stereocenters. The van der Waals surface area contributed by atoms with Gasteiger partial charge in [-0.3, -0.25) is 47.4 Å². The zero-order valence-corrected chi connectivity index (χ0v) is 82.1. The molecule has 24 rings (SSSR count). The molecule has 16 aromatic rings. The molecule has 31 nitrogen and oxygen atoms in total. The summed E-state index contributed by atoms with van der Waals surface area (Å²) in [6.07, 6.45) is 21.6. The Morgan fingerprint density at radius 2 is 0.763 bits per heavy atom. The fourth-order valence-electron chi connectivity index (χ4n) is 22.9. The first-order valence-corrected chi connectivity index (χ1v) is 50.4. The van der Waals surface area contributed by atoms with E-state index in [0.29, 0.717) is 94.2 Å². The molecular weight excluding hydrogens is 1950 g/mol. The van der Waals surface area contributed by atoms with Crippen LogP contribution in [0.15, 0.2) is 193 Å². The van der Waals surface area contributed by atoms with Crippen molar-refractivity contribution in [2.75, 3.05) is 77.7 Å². The molecule has 12 aromatic heterocycles. The number of nitrogen functional groups attached to an aromatic ring is 1. The molecular formula is C99H96Cl8N26O5S. The van der Waals surface area contributed by atoms with E-state index >= 15 is 0 Å². The molecule has 0 bridgehead atoms. The number of aliphatic hydroxyl groups excluding tert-OH is 2. The molecule has 4 spiro atoms. The molecule has 4 aromatic carbocycles. The number of aromatic nitrogens is 16. The van der Waals surface area contributed by atoms with Crippen LogP contribution < -0.4 is 58.8 Å². The van der Waals surface area contributed by atoms with Gasteiger partial charge in [-0.05, 0) is 188 Å². The summed E-state index contributed by atoms with van der Waals surface area (Å²) in [7, 11) is -4.23. The molecule has 4 aliphatic heterocycles. The summed E-state index contributed by atoms with van der Waals surface area (Å²) >= 11 is 51.1. The van der Waals surface area contributed by atoms with Crippen LogP contribution in [0, 0.1) is 28.6 Å². The Hall–Kier alpha value is -11.3. The average molecular weight is 2050 g/mol. The highest BCUT2D eigenvalue weighted by Gasteiger charge is 2.52. The summed E-state index contributed by atoms with van der Waals surface area (Å²) in [5, 5.41) is 61.8. The molecule has 4 saturated heterocycles. The molecule has 0 amide bonds. The number of nitrogens with two attached hydrogens (primary N) is 6. The summed E-state index contributed by atoms with van der Waals surface area (Å²) in [5.41, 5.74) is 50.8. The van der Waals surface area contributed by atoms with Gasteiger partial charge in [0.05, 0.1) is 56.2 Å². The summed E-state index contributed by atoms with van der Waals surface area (Å²) < 4.78 is 33.3. The number of hydrogen-bond acceptors (Lipinski definition) is 25. The molecule has 40 heteroatoms. The number of pyridine rings is 8. The number of aryl methyl sites for hydroxylation is 1. The normalized spacial score (nSPS) is 19.1. The molecule has 714 valence electrons. The van der Waals surface area contributed by atoms with Crippen LogP contribution in [0.2, 0.25) is 40.2 Å². The lowest BCUT2D eigenvalue weighted by Crippen LogP contribution is -2.45. The lowest BCUT2D eigenvalue weighted by molar-refractivity contribution is 0.186. The number of aromatic amines is 1. The molecule has 0 saturated carbocycles. The monoisotopic (exact) mass is 2040 g/mol. The minimum Gasteiger partial charge on any atom is -0.398 e. The molecule has 0 radical (unpaired) electrons. The summed E-state index contributed by atoms with van der Waals surface area (Å²) in [6.45, 7) is 7.63. The second-order valence-corrected chi connectivity index (χ2v) is 42.1. The third-order valence-electron chi connectivity index (χ3n) is 30.3. The number of fused-ring (bicyclic) bond motifs is 8. The number of sulfonamides is 1. The van der Waals surface area contributed by atoms with Crippen LogP contribution in [0.1, 0.15) is 138 Å². The van der Waals surface area contributed by atoms with Crippen molar-refractivity contribution < 1.29 is 18.6 Å². The van der Waals surface area contributed by atoms with E-state index in [2.05, 4.69) is 105 Å². The minimum absolute atomic E-state index is 0.00497. The van der Waals surface area contributed by atoms with E-state index in [1.165, 1.54) is 22.8 Å². The number of rotatable bonds is 11. The molecule has 8 aliphatic rings. The van der Waals surface area contributed by atoms with E-state index in [0.717, 1.165) is 190 Å². The summed E-state index contributed by atoms with van der Waals surface area (Å²) in [6, 6.07) is 44.6. The predicted molar refractivity (Wildman–Crippen MR) is 544 cm³/mol. The number of H-pyrrole nitrogens is 1. The van der Waals surface area contributed by atoms with Gasteiger partial charge < -0.3 is 58.5 Å². The van der Waals surface area contributed by atoms with Gasteiger partial charge in [0.25, 0.3) is 0 Å². The Kier molecular flexibility index (Phi) is 25.0. The quantitative estimate of drug-likeness (QED) is 0.0581. The van der Waals surface area contributed by atoms with Gasteiger partial charge in [-0.15, -0.1) is 30.6 Å². The molecule has 4 aliphatic carbocycles. The largest absolute Gasteiger partial charge is 0.398 e. The van der Waals surface area contributed by atoms with Crippen LogP contribution in [-0.4, -0.2) is 149 Å². The maximum absolute atomic E-state index is 13.3. The van der Waals surface area contributed by atoms with Crippen LogP contribution in [0.4, 0.5) is 29.0 Å². The fraction of sp³-hybridized carbons (Fsp3) is 0.313. The van der Waals surface area contributed by atoms with Crippen LogP contribution in [0.25, 0.3) is 67.1 Å². The van der Waals surface area contributed by atoms with E-state index < -0.39 is 16.6 Å². The minimum atomic E-state index is -4.23. The smallest absolute Gasteiger partial charge is 0.238 e. The molecule has 15 N–H and O–H groups in total. The first-order valence-electron chi connectivity index (χ1n) is 45.8. The van der Waals surface area contributed by atoms with Crippen LogP contribution in [-0.2, 0) is 48.9 Å². The van der Waals surface area contributed by atoms with Gasteiger partial charge >= 0.3 is 0 Å².